The lowest BCUT2D eigenvalue weighted by molar-refractivity contribution is -0.300. The van der Waals surface area contributed by atoms with E-state index in [0.29, 0.717) is 6.42 Å². The van der Waals surface area contributed by atoms with E-state index in [0.717, 1.165) is 19.2 Å². The summed E-state index contributed by atoms with van der Waals surface area (Å²) in [6, 6.07) is 0. The molecule has 2 saturated heterocycles. The van der Waals surface area contributed by atoms with Gasteiger partial charge in [0.25, 0.3) is 0 Å². The predicted octanol–water partition coefficient (Wildman–Crippen LogP) is 4.50. The summed E-state index contributed by atoms with van der Waals surface area (Å²) in [4.78, 5) is 12.2. The minimum Gasteiger partial charge on any atom is -0.460 e. The summed E-state index contributed by atoms with van der Waals surface area (Å²) in [5.74, 6) is -0.939. The van der Waals surface area contributed by atoms with Gasteiger partial charge in [-0.05, 0) is 75.1 Å². The van der Waals surface area contributed by atoms with Crippen LogP contribution >= 0.6 is 0 Å². The molecule has 0 aromatic rings. The maximum Gasteiger partial charge on any atom is 0.457 e. The van der Waals surface area contributed by atoms with Crippen LogP contribution < -0.4 is 0 Å². The Kier molecular flexibility index (Phi) is 6.97. The van der Waals surface area contributed by atoms with Crippen LogP contribution in [0, 0.1) is 0 Å². The Balaban J connectivity index is 1.82. The van der Waals surface area contributed by atoms with Crippen molar-refractivity contribution in [2.45, 2.75) is 129 Å². The zero-order valence-electron chi connectivity index (χ0n) is 19.2. The first-order valence-electron chi connectivity index (χ1n) is 10.5. The smallest absolute Gasteiger partial charge is 0.457 e. The van der Waals surface area contributed by atoms with Gasteiger partial charge < -0.3 is 23.5 Å². The average molecular weight is 398 g/mol. The summed E-state index contributed by atoms with van der Waals surface area (Å²) in [6.45, 7) is 17.7. The van der Waals surface area contributed by atoms with Crippen molar-refractivity contribution in [1.29, 1.82) is 0 Å². The van der Waals surface area contributed by atoms with E-state index < -0.39 is 11.4 Å². The first kappa shape index (κ1) is 23.7. The van der Waals surface area contributed by atoms with Crippen LogP contribution in [0.2, 0.25) is 6.32 Å². The van der Waals surface area contributed by atoms with Crippen molar-refractivity contribution in [3.8, 4) is 0 Å². The van der Waals surface area contributed by atoms with Gasteiger partial charge in [0.1, 0.15) is 5.60 Å². The highest BCUT2D eigenvalue weighted by Crippen LogP contribution is 2.38. The molecule has 2 heterocycles. The molecule has 2 fully saturated rings. The zero-order chi connectivity index (χ0) is 21.4. The molecule has 0 amide bonds. The van der Waals surface area contributed by atoms with Crippen molar-refractivity contribution in [2.24, 2.45) is 0 Å². The lowest BCUT2D eigenvalue weighted by atomic mass is 9.81. The highest BCUT2D eigenvalue weighted by atomic mass is 16.7. The number of carbonyl (C=O) groups is 1. The van der Waals surface area contributed by atoms with E-state index >= 15 is 0 Å². The predicted molar refractivity (Wildman–Crippen MR) is 109 cm³/mol. The van der Waals surface area contributed by atoms with Crippen LogP contribution in [0.4, 0.5) is 0 Å². The van der Waals surface area contributed by atoms with Gasteiger partial charge >= 0.3 is 13.1 Å². The molecular weight excluding hydrogens is 359 g/mol. The maximum absolute atomic E-state index is 12.2. The second-order valence-corrected chi connectivity index (χ2v) is 10.5. The maximum atomic E-state index is 12.2. The molecule has 0 unspecified atom stereocenters. The number of ether oxygens (including phenoxy) is 3. The molecule has 0 saturated carbocycles. The molecule has 2 atom stereocenters. The number of esters is 1. The Hall–Kier alpha value is -0.625. The van der Waals surface area contributed by atoms with Gasteiger partial charge in [0.15, 0.2) is 5.79 Å². The minimum absolute atomic E-state index is 0.0404. The van der Waals surface area contributed by atoms with Gasteiger partial charge in [0, 0.05) is 6.42 Å². The van der Waals surface area contributed by atoms with Crippen LogP contribution in [0.25, 0.3) is 0 Å². The van der Waals surface area contributed by atoms with Gasteiger partial charge in [-0.2, -0.15) is 0 Å². The average Bonchev–Trinajstić information content (AvgIpc) is 2.62. The molecule has 0 spiro atoms. The van der Waals surface area contributed by atoms with E-state index in [2.05, 4.69) is 27.7 Å². The van der Waals surface area contributed by atoms with Crippen molar-refractivity contribution >= 4 is 13.1 Å². The molecule has 162 valence electrons. The van der Waals surface area contributed by atoms with Crippen LogP contribution in [0.5, 0.6) is 0 Å². The molecule has 2 rings (SSSR count). The summed E-state index contributed by atoms with van der Waals surface area (Å²) < 4.78 is 29.6. The molecule has 0 aliphatic carbocycles. The van der Waals surface area contributed by atoms with Gasteiger partial charge in [-0.1, -0.05) is 6.42 Å². The van der Waals surface area contributed by atoms with Crippen LogP contribution in [-0.2, 0) is 28.3 Å². The quantitative estimate of drug-likeness (QED) is 0.485. The third-order valence-electron chi connectivity index (χ3n) is 5.51. The third kappa shape index (κ3) is 6.72. The molecule has 2 aliphatic rings. The topological polar surface area (TPSA) is 63.2 Å². The number of carbonyl (C=O) groups excluding carboxylic acids is 1. The SMILES string of the molecule is CC(C)(C)OC(=O)C[C@H]1C[C@@H](CCCB2OC(C)(C)C(C)(C)O2)OC(C)(C)O1. The van der Waals surface area contributed by atoms with Crippen molar-refractivity contribution in [1.82, 2.24) is 0 Å². The number of hydrogen-bond acceptors (Lipinski definition) is 6. The molecular formula is C21H39BO6. The molecule has 0 bridgehead atoms. The lowest BCUT2D eigenvalue weighted by Crippen LogP contribution is -2.45. The standard InChI is InChI=1S/C21H39BO6/c1-18(2,3)26-17(23)14-16-13-15(24-21(8,9)25-16)11-10-12-22-27-19(4,5)20(6,7)28-22/h15-16H,10-14H2,1-9H3/t15-,16-/m1/s1. The molecule has 0 aromatic heterocycles. The Morgan fingerprint density at radius 1 is 1.00 bits per heavy atom. The summed E-state index contributed by atoms with van der Waals surface area (Å²) in [7, 11) is -0.185. The fourth-order valence-electron chi connectivity index (χ4n) is 3.69. The van der Waals surface area contributed by atoms with E-state index in [1.165, 1.54) is 0 Å². The molecule has 28 heavy (non-hydrogen) atoms. The largest absolute Gasteiger partial charge is 0.460 e. The van der Waals surface area contributed by atoms with E-state index in [4.69, 9.17) is 23.5 Å². The van der Waals surface area contributed by atoms with Gasteiger partial charge in [-0.15, -0.1) is 0 Å². The highest BCUT2D eigenvalue weighted by molar-refractivity contribution is 6.45. The summed E-state index contributed by atoms with van der Waals surface area (Å²) in [6.07, 6.45) is 3.41. The fraction of sp³-hybridized carbons (Fsp3) is 0.952. The van der Waals surface area contributed by atoms with Crippen molar-refractivity contribution in [3.63, 3.8) is 0 Å². The van der Waals surface area contributed by atoms with E-state index in [1.54, 1.807) is 0 Å². The Bertz CT molecular complexity index is 536. The van der Waals surface area contributed by atoms with Crippen LogP contribution in [-0.4, -0.2) is 47.9 Å². The fourth-order valence-corrected chi connectivity index (χ4v) is 3.69. The summed E-state index contributed by atoms with van der Waals surface area (Å²) in [5, 5.41) is 0. The van der Waals surface area contributed by atoms with E-state index in [-0.39, 0.29) is 42.9 Å². The minimum atomic E-state index is -0.708. The second-order valence-electron chi connectivity index (χ2n) is 10.5. The Morgan fingerprint density at radius 3 is 2.07 bits per heavy atom. The van der Waals surface area contributed by atoms with Gasteiger partial charge in [-0.25, -0.2) is 0 Å². The van der Waals surface area contributed by atoms with Crippen LogP contribution in [0.3, 0.4) is 0 Å². The first-order chi connectivity index (χ1) is 12.6. The lowest BCUT2D eigenvalue weighted by Gasteiger charge is -2.41. The first-order valence-corrected chi connectivity index (χ1v) is 10.5. The van der Waals surface area contributed by atoms with Crippen molar-refractivity contribution in [2.75, 3.05) is 0 Å². The second kappa shape index (κ2) is 8.25. The Labute approximate surface area is 171 Å². The highest BCUT2D eigenvalue weighted by Gasteiger charge is 2.50. The normalized spacial score (nSPS) is 29.0. The third-order valence-corrected chi connectivity index (χ3v) is 5.51. The monoisotopic (exact) mass is 398 g/mol. The van der Waals surface area contributed by atoms with E-state index in [9.17, 15) is 4.79 Å². The summed E-state index contributed by atoms with van der Waals surface area (Å²) >= 11 is 0. The molecule has 0 N–H and O–H groups in total. The van der Waals surface area contributed by atoms with E-state index in [1.807, 2.05) is 34.6 Å². The number of rotatable bonds is 6. The molecule has 0 radical (unpaired) electrons. The zero-order valence-corrected chi connectivity index (χ0v) is 19.2. The molecule has 2 aliphatic heterocycles. The van der Waals surface area contributed by atoms with Crippen molar-refractivity contribution < 1.29 is 28.3 Å². The van der Waals surface area contributed by atoms with Gasteiger partial charge in [0.05, 0.1) is 29.8 Å². The van der Waals surface area contributed by atoms with Crippen LogP contribution in [0.15, 0.2) is 0 Å². The molecule has 7 heteroatoms. The van der Waals surface area contributed by atoms with Gasteiger partial charge in [0.2, 0.25) is 0 Å². The van der Waals surface area contributed by atoms with Crippen LogP contribution in [0.1, 0.15) is 88.0 Å². The molecule has 6 nitrogen and oxygen atoms in total. The number of hydrogen-bond donors (Lipinski definition) is 0. The van der Waals surface area contributed by atoms with Crippen molar-refractivity contribution in [3.05, 3.63) is 0 Å². The Morgan fingerprint density at radius 2 is 1.54 bits per heavy atom. The summed E-state index contributed by atoms with van der Waals surface area (Å²) in [5.41, 5.74) is -1.08. The van der Waals surface area contributed by atoms with Gasteiger partial charge in [-0.3, -0.25) is 4.79 Å². The molecule has 0 aromatic carbocycles.